The third kappa shape index (κ3) is 4.87. The minimum Gasteiger partial charge on any atom is -0.466 e. The number of carbonyl (C=O) groups is 2. The van der Waals surface area contributed by atoms with Crippen molar-refractivity contribution >= 4 is 11.9 Å². The molecule has 2 N–H and O–H groups in total. The largest absolute Gasteiger partial charge is 0.466 e. The van der Waals surface area contributed by atoms with Gasteiger partial charge in [0.05, 0.1) is 13.2 Å². The number of rotatable bonds is 7. The quantitative estimate of drug-likeness (QED) is 0.520. The fourth-order valence-electron chi connectivity index (χ4n) is 1.51. The van der Waals surface area contributed by atoms with Gasteiger partial charge in [0, 0.05) is 18.2 Å². The van der Waals surface area contributed by atoms with Crippen molar-refractivity contribution in [3.05, 3.63) is 11.6 Å². The maximum absolute atomic E-state index is 11.6. The van der Waals surface area contributed by atoms with Crippen LogP contribution in [0.3, 0.4) is 0 Å². The predicted octanol–water partition coefficient (Wildman–Crippen LogP) is 0.752. The number of amides is 1. The Kier molecular flexibility index (Phi) is 5.85. The molecule has 5 heteroatoms. The summed E-state index contributed by atoms with van der Waals surface area (Å²) in [7, 11) is 1.37. The first kappa shape index (κ1) is 14.7. The van der Waals surface area contributed by atoms with Crippen molar-refractivity contribution in [2.75, 3.05) is 13.7 Å². The highest BCUT2D eigenvalue weighted by Crippen LogP contribution is 2.18. The molecular formula is C13H22N2O3. The molecule has 1 rings (SSSR count). The van der Waals surface area contributed by atoms with Crippen LogP contribution in [0, 0.1) is 0 Å². The normalized spacial score (nSPS) is 17.2. The third-order valence-corrected chi connectivity index (χ3v) is 2.92. The van der Waals surface area contributed by atoms with E-state index in [1.54, 1.807) is 6.08 Å². The van der Waals surface area contributed by atoms with Gasteiger partial charge in [-0.2, -0.15) is 0 Å². The Morgan fingerprint density at radius 2 is 2.11 bits per heavy atom. The molecule has 0 aromatic carbocycles. The second-order valence-electron chi connectivity index (χ2n) is 4.49. The molecule has 1 atom stereocenters. The zero-order chi connectivity index (χ0) is 13.5. The van der Waals surface area contributed by atoms with Crippen LogP contribution in [0.4, 0.5) is 0 Å². The molecule has 1 saturated carbocycles. The van der Waals surface area contributed by atoms with E-state index >= 15 is 0 Å². The first-order valence-electron chi connectivity index (χ1n) is 6.39. The summed E-state index contributed by atoms with van der Waals surface area (Å²) in [6.07, 6.45) is 4.56. The SMILES string of the molecule is CCC(=CCNC(C)C(=O)NC1CC1)C(=O)OC. The van der Waals surface area contributed by atoms with Crippen molar-refractivity contribution in [3.63, 3.8) is 0 Å². The lowest BCUT2D eigenvalue weighted by atomic mass is 10.2. The molecule has 0 bridgehead atoms. The number of hydrogen-bond acceptors (Lipinski definition) is 4. The van der Waals surface area contributed by atoms with Crippen LogP contribution in [0.1, 0.15) is 33.1 Å². The van der Waals surface area contributed by atoms with Gasteiger partial charge >= 0.3 is 5.97 Å². The van der Waals surface area contributed by atoms with Crippen molar-refractivity contribution in [1.82, 2.24) is 10.6 Å². The van der Waals surface area contributed by atoms with E-state index < -0.39 is 0 Å². The molecule has 0 aromatic heterocycles. The molecule has 0 aliphatic heterocycles. The van der Waals surface area contributed by atoms with Gasteiger partial charge in [0.1, 0.15) is 0 Å². The Labute approximate surface area is 108 Å². The van der Waals surface area contributed by atoms with Crippen LogP contribution in [0.5, 0.6) is 0 Å². The fourth-order valence-corrected chi connectivity index (χ4v) is 1.51. The van der Waals surface area contributed by atoms with Gasteiger partial charge < -0.3 is 15.4 Å². The second kappa shape index (κ2) is 7.16. The van der Waals surface area contributed by atoms with Crippen molar-refractivity contribution in [2.24, 2.45) is 0 Å². The molecule has 1 aliphatic carbocycles. The molecule has 1 fully saturated rings. The molecule has 1 amide bonds. The van der Waals surface area contributed by atoms with Crippen LogP contribution in [0.15, 0.2) is 11.6 Å². The average Bonchev–Trinajstić information content (AvgIpc) is 3.17. The zero-order valence-corrected chi connectivity index (χ0v) is 11.3. The molecule has 18 heavy (non-hydrogen) atoms. The van der Waals surface area contributed by atoms with Crippen LogP contribution in [0.2, 0.25) is 0 Å². The van der Waals surface area contributed by atoms with Crippen molar-refractivity contribution in [3.8, 4) is 0 Å². The molecule has 1 unspecified atom stereocenters. The molecule has 0 aromatic rings. The van der Waals surface area contributed by atoms with E-state index in [1.807, 2.05) is 13.8 Å². The third-order valence-electron chi connectivity index (χ3n) is 2.92. The van der Waals surface area contributed by atoms with Gasteiger partial charge in [-0.25, -0.2) is 4.79 Å². The Morgan fingerprint density at radius 3 is 2.61 bits per heavy atom. The summed E-state index contributed by atoms with van der Waals surface area (Å²) in [5.74, 6) is -0.295. The summed E-state index contributed by atoms with van der Waals surface area (Å²) in [4.78, 5) is 23.0. The van der Waals surface area contributed by atoms with Gasteiger partial charge in [-0.15, -0.1) is 0 Å². The molecule has 0 spiro atoms. The molecular weight excluding hydrogens is 232 g/mol. The minimum atomic E-state index is -0.311. The predicted molar refractivity (Wildman–Crippen MR) is 69.0 cm³/mol. The number of hydrogen-bond donors (Lipinski definition) is 2. The van der Waals surface area contributed by atoms with Crippen molar-refractivity contribution in [2.45, 2.75) is 45.2 Å². The lowest BCUT2D eigenvalue weighted by Crippen LogP contribution is -2.43. The second-order valence-corrected chi connectivity index (χ2v) is 4.49. The Balaban J connectivity index is 2.31. The van der Waals surface area contributed by atoms with Gasteiger partial charge in [-0.05, 0) is 26.2 Å². The number of methoxy groups -OCH3 is 1. The number of ether oxygens (including phenoxy) is 1. The van der Waals surface area contributed by atoms with Crippen LogP contribution >= 0.6 is 0 Å². The maximum atomic E-state index is 11.6. The highest BCUT2D eigenvalue weighted by atomic mass is 16.5. The first-order chi connectivity index (χ1) is 8.58. The Bertz CT molecular complexity index is 335. The van der Waals surface area contributed by atoms with E-state index in [1.165, 1.54) is 7.11 Å². The Hall–Kier alpha value is -1.36. The zero-order valence-electron chi connectivity index (χ0n) is 11.3. The molecule has 0 saturated heterocycles. The van der Waals surface area contributed by atoms with Gasteiger partial charge in [-0.1, -0.05) is 13.0 Å². The van der Waals surface area contributed by atoms with Crippen LogP contribution in [-0.2, 0) is 14.3 Å². The van der Waals surface area contributed by atoms with Crippen LogP contribution in [0.25, 0.3) is 0 Å². The highest BCUT2D eigenvalue weighted by Gasteiger charge is 2.25. The number of nitrogens with one attached hydrogen (secondary N) is 2. The van der Waals surface area contributed by atoms with E-state index in [0.717, 1.165) is 12.8 Å². The summed E-state index contributed by atoms with van der Waals surface area (Å²) >= 11 is 0. The van der Waals surface area contributed by atoms with Gasteiger partial charge in [0.25, 0.3) is 0 Å². The lowest BCUT2D eigenvalue weighted by molar-refractivity contribution is -0.136. The molecule has 0 radical (unpaired) electrons. The number of carbonyl (C=O) groups excluding carboxylic acids is 2. The van der Waals surface area contributed by atoms with E-state index in [9.17, 15) is 9.59 Å². The lowest BCUT2D eigenvalue weighted by Gasteiger charge is -2.12. The van der Waals surface area contributed by atoms with Crippen LogP contribution in [-0.4, -0.2) is 37.6 Å². The highest BCUT2D eigenvalue weighted by molar-refractivity contribution is 5.88. The summed E-state index contributed by atoms with van der Waals surface area (Å²) < 4.78 is 4.65. The van der Waals surface area contributed by atoms with Gasteiger partial charge in [0.15, 0.2) is 0 Å². The first-order valence-corrected chi connectivity index (χ1v) is 6.39. The summed E-state index contributed by atoms with van der Waals surface area (Å²) in [5, 5.41) is 5.99. The van der Waals surface area contributed by atoms with E-state index in [2.05, 4.69) is 15.4 Å². The van der Waals surface area contributed by atoms with Crippen LogP contribution < -0.4 is 10.6 Å². The standard InChI is InChI=1S/C13H22N2O3/c1-4-10(13(17)18-3)7-8-14-9(2)12(16)15-11-5-6-11/h7,9,11,14H,4-6,8H2,1-3H3,(H,15,16). The molecule has 1 aliphatic rings. The van der Waals surface area contributed by atoms with Gasteiger partial charge in [0.2, 0.25) is 5.91 Å². The number of esters is 1. The molecule has 102 valence electrons. The summed E-state index contributed by atoms with van der Waals surface area (Å²) in [6, 6.07) is 0.121. The summed E-state index contributed by atoms with van der Waals surface area (Å²) in [6.45, 7) is 4.19. The van der Waals surface area contributed by atoms with E-state index in [-0.39, 0.29) is 17.9 Å². The van der Waals surface area contributed by atoms with E-state index in [0.29, 0.717) is 24.6 Å². The Morgan fingerprint density at radius 1 is 1.44 bits per heavy atom. The van der Waals surface area contributed by atoms with Gasteiger partial charge in [-0.3, -0.25) is 4.79 Å². The maximum Gasteiger partial charge on any atom is 0.333 e. The summed E-state index contributed by atoms with van der Waals surface area (Å²) in [5.41, 5.74) is 0.625. The fraction of sp³-hybridized carbons (Fsp3) is 0.692. The topological polar surface area (TPSA) is 67.4 Å². The molecule has 0 heterocycles. The molecule has 5 nitrogen and oxygen atoms in total. The minimum absolute atomic E-state index is 0.0158. The van der Waals surface area contributed by atoms with Crippen molar-refractivity contribution in [1.29, 1.82) is 0 Å². The van der Waals surface area contributed by atoms with E-state index in [4.69, 9.17) is 0 Å². The average molecular weight is 254 g/mol. The van der Waals surface area contributed by atoms with Crippen molar-refractivity contribution < 1.29 is 14.3 Å². The smallest absolute Gasteiger partial charge is 0.333 e. The monoisotopic (exact) mass is 254 g/mol.